The van der Waals surface area contributed by atoms with Crippen molar-refractivity contribution in [2.45, 2.75) is 32.2 Å². The number of piperidine rings is 1. The molecule has 0 aromatic carbocycles. The zero-order valence-electron chi connectivity index (χ0n) is 9.21. The molecule has 0 radical (unpaired) electrons. The molecule has 0 bridgehead atoms. The number of likely N-dealkylation sites (tertiary alicyclic amines) is 1. The summed E-state index contributed by atoms with van der Waals surface area (Å²) in [6, 6.07) is 0.831. The van der Waals surface area contributed by atoms with E-state index in [1.807, 2.05) is 0 Å². The molecule has 1 aliphatic carbocycles. The molecule has 4 atom stereocenters. The van der Waals surface area contributed by atoms with Crippen LogP contribution in [0.2, 0.25) is 0 Å². The average molecular weight is 194 g/mol. The Balaban J connectivity index is 1.51. The normalized spacial score (nSPS) is 47.8. The Hall–Kier alpha value is -0.0800. The van der Waals surface area contributed by atoms with Crippen LogP contribution in [0.3, 0.4) is 0 Å². The molecule has 1 N–H and O–H groups in total. The first-order valence-electron chi connectivity index (χ1n) is 6.28. The highest BCUT2D eigenvalue weighted by Gasteiger charge is 2.37. The predicted octanol–water partition coefficient (Wildman–Crippen LogP) is 1.33. The van der Waals surface area contributed by atoms with E-state index >= 15 is 0 Å². The summed E-state index contributed by atoms with van der Waals surface area (Å²) in [5.74, 6) is 3.06. The van der Waals surface area contributed by atoms with E-state index in [1.54, 1.807) is 0 Å². The summed E-state index contributed by atoms with van der Waals surface area (Å²) in [7, 11) is 0. The highest BCUT2D eigenvalue weighted by molar-refractivity contribution is 4.93. The third-order valence-electron chi connectivity index (χ3n) is 4.53. The van der Waals surface area contributed by atoms with E-state index in [2.05, 4.69) is 17.1 Å². The Bertz CT molecular complexity index is 216. The standard InChI is InChI=1S/C12H22N2/c1-9-6-11(9)7-14-5-3-10-2-4-13-12(10)8-14/h9-13H,2-8H2,1H3. The summed E-state index contributed by atoms with van der Waals surface area (Å²) in [5.41, 5.74) is 0. The van der Waals surface area contributed by atoms with Gasteiger partial charge in [0.15, 0.2) is 0 Å². The molecular formula is C12H22N2. The molecule has 2 heterocycles. The summed E-state index contributed by atoms with van der Waals surface area (Å²) < 4.78 is 0. The average Bonchev–Trinajstić information content (AvgIpc) is 2.70. The molecule has 0 amide bonds. The van der Waals surface area contributed by atoms with Gasteiger partial charge in [-0.25, -0.2) is 0 Å². The summed E-state index contributed by atoms with van der Waals surface area (Å²) in [6.07, 6.45) is 4.36. The lowest BCUT2D eigenvalue weighted by Gasteiger charge is -2.35. The third-order valence-corrected chi connectivity index (χ3v) is 4.53. The monoisotopic (exact) mass is 194 g/mol. The minimum absolute atomic E-state index is 0.831. The van der Waals surface area contributed by atoms with E-state index in [1.165, 1.54) is 45.4 Å². The van der Waals surface area contributed by atoms with Gasteiger partial charge >= 0.3 is 0 Å². The molecule has 3 rings (SSSR count). The van der Waals surface area contributed by atoms with Crippen molar-refractivity contribution >= 4 is 0 Å². The topological polar surface area (TPSA) is 15.3 Å². The number of hydrogen-bond donors (Lipinski definition) is 1. The molecule has 3 aliphatic rings. The van der Waals surface area contributed by atoms with E-state index in [4.69, 9.17) is 0 Å². The van der Waals surface area contributed by atoms with Gasteiger partial charge in [0.2, 0.25) is 0 Å². The molecule has 2 saturated heterocycles. The molecule has 2 aliphatic heterocycles. The zero-order valence-corrected chi connectivity index (χ0v) is 9.21. The van der Waals surface area contributed by atoms with Crippen molar-refractivity contribution in [3.05, 3.63) is 0 Å². The second-order valence-electron chi connectivity index (χ2n) is 5.63. The maximum absolute atomic E-state index is 3.65. The number of nitrogens with one attached hydrogen (secondary N) is 1. The highest BCUT2D eigenvalue weighted by Crippen LogP contribution is 2.39. The van der Waals surface area contributed by atoms with Crippen molar-refractivity contribution in [1.82, 2.24) is 10.2 Å². The van der Waals surface area contributed by atoms with Crippen LogP contribution in [0, 0.1) is 17.8 Å². The van der Waals surface area contributed by atoms with Gasteiger partial charge in [-0.3, -0.25) is 0 Å². The van der Waals surface area contributed by atoms with E-state index in [0.717, 1.165) is 23.8 Å². The van der Waals surface area contributed by atoms with Crippen LogP contribution in [0.5, 0.6) is 0 Å². The van der Waals surface area contributed by atoms with Gasteiger partial charge in [-0.15, -0.1) is 0 Å². The first kappa shape index (κ1) is 9.17. The van der Waals surface area contributed by atoms with Crippen LogP contribution >= 0.6 is 0 Å². The molecule has 2 nitrogen and oxygen atoms in total. The quantitative estimate of drug-likeness (QED) is 0.713. The lowest BCUT2D eigenvalue weighted by Crippen LogP contribution is -2.47. The largest absolute Gasteiger partial charge is 0.312 e. The van der Waals surface area contributed by atoms with Gasteiger partial charge in [-0.05, 0) is 50.1 Å². The van der Waals surface area contributed by atoms with Gasteiger partial charge in [-0.1, -0.05) is 6.92 Å². The molecule has 3 fully saturated rings. The van der Waals surface area contributed by atoms with E-state index < -0.39 is 0 Å². The van der Waals surface area contributed by atoms with Gasteiger partial charge < -0.3 is 10.2 Å². The van der Waals surface area contributed by atoms with E-state index in [0.29, 0.717) is 0 Å². The summed E-state index contributed by atoms with van der Waals surface area (Å²) in [4.78, 5) is 2.70. The minimum Gasteiger partial charge on any atom is -0.312 e. The lowest BCUT2D eigenvalue weighted by molar-refractivity contribution is 0.159. The maximum atomic E-state index is 3.65. The van der Waals surface area contributed by atoms with Crippen molar-refractivity contribution in [3.63, 3.8) is 0 Å². The summed E-state index contributed by atoms with van der Waals surface area (Å²) in [5, 5.41) is 3.65. The molecule has 80 valence electrons. The van der Waals surface area contributed by atoms with Crippen LogP contribution < -0.4 is 5.32 Å². The second kappa shape index (κ2) is 3.49. The van der Waals surface area contributed by atoms with Crippen LogP contribution in [0.25, 0.3) is 0 Å². The number of rotatable bonds is 2. The molecule has 4 unspecified atom stereocenters. The molecule has 14 heavy (non-hydrogen) atoms. The van der Waals surface area contributed by atoms with Crippen LogP contribution in [-0.2, 0) is 0 Å². The van der Waals surface area contributed by atoms with Crippen molar-refractivity contribution in [1.29, 1.82) is 0 Å². The number of fused-ring (bicyclic) bond motifs is 1. The van der Waals surface area contributed by atoms with Gasteiger partial charge in [0, 0.05) is 19.1 Å². The lowest BCUT2D eigenvalue weighted by atomic mass is 9.92. The van der Waals surface area contributed by atoms with E-state index in [9.17, 15) is 0 Å². The smallest absolute Gasteiger partial charge is 0.0224 e. The Morgan fingerprint density at radius 2 is 2.21 bits per heavy atom. The Morgan fingerprint density at radius 3 is 3.00 bits per heavy atom. The molecule has 0 aromatic heterocycles. The number of nitrogens with zero attached hydrogens (tertiary/aromatic N) is 1. The molecule has 0 aromatic rings. The zero-order chi connectivity index (χ0) is 9.54. The molecule has 1 saturated carbocycles. The van der Waals surface area contributed by atoms with Crippen LogP contribution in [0.15, 0.2) is 0 Å². The number of hydrogen-bond acceptors (Lipinski definition) is 2. The molecule has 2 heteroatoms. The SMILES string of the molecule is CC1CC1CN1CCC2CCNC2C1. The van der Waals surface area contributed by atoms with Crippen LogP contribution in [0.4, 0.5) is 0 Å². The van der Waals surface area contributed by atoms with Crippen LogP contribution in [0.1, 0.15) is 26.2 Å². The minimum atomic E-state index is 0.831. The van der Waals surface area contributed by atoms with Crippen LogP contribution in [-0.4, -0.2) is 37.1 Å². The Morgan fingerprint density at radius 1 is 1.36 bits per heavy atom. The van der Waals surface area contributed by atoms with Crippen molar-refractivity contribution in [3.8, 4) is 0 Å². The van der Waals surface area contributed by atoms with E-state index in [-0.39, 0.29) is 0 Å². The summed E-state index contributed by atoms with van der Waals surface area (Å²) in [6.45, 7) is 7.74. The van der Waals surface area contributed by atoms with Gasteiger partial charge in [0.1, 0.15) is 0 Å². The Labute approximate surface area is 87.0 Å². The van der Waals surface area contributed by atoms with Crippen molar-refractivity contribution < 1.29 is 0 Å². The second-order valence-corrected chi connectivity index (χ2v) is 5.63. The van der Waals surface area contributed by atoms with Gasteiger partial charge in [0.25, 0.3) is 0 Å². The molecular weight excluding hydrogens is 172 g/mol. The fraction of sp³-hybridized carbons (Fsp3) is 1.00. The fourth-order valence-corrected chi connectivity index (χ4v) is 3.25. The summed E-state index contributed by atoms with van der Waals surface area (Å²) >= 11 is 0. The van der Waals surface area contributed by atoms with Gasteiger partial charge in [0.05, 0.1) is 0 Å². The third kappa shape index (κ3) is 1.70. The predicted molar refractivity (Wildman–Crippen MR) is 58.2 cm³/mol. The van der Waals surface area contributed by atoms with Gasteiger partial charge in [-0.2, -0.15) is 0 Å². The van der Waals surface area contributed by atoms with Crippen molar-refractivity contribution in [2.24, 2.45) is 17.8 Å². The first-order chi connectivity index (χ1) is 6.83. The Kier molecular flexibility index (Phi) is 2.29. The fourth-order valence-electron chi connectivity index (χ4n) is 3.25. The first-order valence-corrected chi connectivity index (χ1v) is 6.28. The molecule has 0 spiro atoms. The maximum Gasteiger partial charge on any atom is 0.0224 e. The highest BCUT2D eigenvalue weighted by atomic mass is 15.2. The van der Waals surface area contributed by atoms with Crippen molar-refractivity contribution in [2.75, 3.05) is 26.2 Å².